The number of benzene rings is 2. The third-order valence-electron chi connectivity index (χ3n) is 6.26. The number of hydrogen-bond donors (Lipinski definition) is 1. The van der Waals surface area contributed by atoms with E-state index in [0.29, 0.717) is 12.2 Å². The largest absolute Gasteiger partial charge is 0.497 e. The maximum absolute atomic E-state index is 14.7. The van der Waals surface area contributed by atoms with Crippen molar-refractivity contribution in [1.82, 2.24) is 14.8 Å². The number of aromatic nitrogens is 1. The van der Waals surface area contributed by atoms with Crippen molar-refractivity contribution in [2.24, 2.45) is 0 Å². The van der Waals surface area contributed by atoms with Gasteiger partial charge < -0.3 is 14.2 Å². The predicted molar refractivity (Wildman–Crippen MR) is 120 cm³/mol. The first-order valence-corrected chi connectivity index (χ1v) is 12.4. The molecule has 2 aromatic carbocycles. The molecule has 0 unspecified atom stereocenters. The van der Waals surface area contributed by atoms with E-state index < -0.39 is 21.7 Å². The van der Waals surface area contributed by atoms with Crippen LogP contribution in [-0.2, 0) is 10.0 Å². The van der Waals surface area contributed by atoms with Gasteiger partial charge in [0, 0.05) is 30.8 Å². The molecule has 12 heteroatoms. The van der Waals surface area contributed by atoms with Gasteiger partial charge in [-0.15, -0.1) is 0 Å². The number of halogens is 2. The topological polar surface area (TPSA) is 105 Å². The fraction of sp³-hybridized carbons (Fsp3) is 0.364. The highest BCUT2D eigenvalue weighted by Crippen LogP contribution is 2.42. The summed E-state index contributed by atoms with van der Waals surface area (Å²) in [5.74, 6) is -1.15. The Morgan fingerprint density at radius 3 is 2.62 bits per heavy atom. The van der Waals surface area contributed by atoms with Gasteiger partial charge in [-0.05, 0) is 31.5 Å². The van der Waals surface area contributed by atoms with Crippen LogP contribution in [0.15, 0.2) is 34.9 Å². The van der Waals surface area contributed by atoms with Gasteiger partial charge in [0.15, 0.2) is 11.4 Å². The summed E-state index contributed by atoms with van der Waals surface area (Å²) in [6, 6.07) is 5.57. The molecule has 0 radical (unpaired) electrons. The van der Waals surface area contributed by atoms with Crippen LogP contribution in [0.3, 0.4) is 0 Å². The molecule has 34 heavy (non-hydrogen) atoms. The molecule has 0 saturated carbocycles. The number of carbonyl (C=O) groups is 1. The summed E-state index contributed by atoms with van der Waals surface area (Å²) in [6.07, 6.45) is 0.444. The third kappa shape index (κ3) is 3.66. The van der Waals surface area contributed by atoms with Gasteiger partial charge in [0.2, 0.25) is 10.0 Å². The average molecular weight is 493 g/mol. The molecule has 3 heterocycles. The number of ether oxygens (including phenoxy) is 1. The van der Waals surface area contributed by atoms with E-state index in [1.807, 2.05) is 0 Å². The van der Waals surface area contributed by atoms with Crippen molar-refractivity contribution in [2.75, 3.05) is 30.9 Å². The Kier molecular flexibility index (Phi) is 5.44. The average Bonchev–Trinajstić information content (AvgIpc) is 3.47. The normalized spacial score (nSPS) is 20.4. The summed E-state index contributed by atoms with van der Waals surface area (Å²) < 4.78 is 66.6. The summed E-state index contributed by atoms with van der Waals surface area (Å²) >= 11 is 0. The number of fused-ring (bicyclic) bond motifs is 2. The van der Waals surface area contributed by atoms with Crippen LogP contribution < -0.4 is 14.4 Å². The lowest BCUT2D eigenvalue weighted by atomic mass is 9.99. The quantitative estimate of drug-likeness (QED) is 0.567. The fourth-order valence-electron chi connectivity index (χ4n) is 4.65. The molecular formula is C22H22F2N4O5S. The Labute approximate surface area is 194 Å². The zero-order valence-electron chi connectivity index (χ0n) is 18.4. The number of anilines is 1. The number of nitrogens with one attached hydrogen (secondary N) is 1. The van der Waals surface area contributed by atoms with E-state index in [0.717, 1.165) is 12.1 Å². The smallest absolute Gasteiger partial charge is 0.326 e. The van der Waals surface area contributed by atoms with E-state index in [1.54, 1.807) is 11.8 Å². The van der Waals surface area contributed by atoms with Crippen molar-refractivity contribution in [2.45, 2.75) is 25.4 Å². The van der Waals surface area contributed by atoms with Crippen molar-refractivity contribution in [3.8, 4) is 16.9 Å². The Morgan fingerprint density at radius 1 is 1.24 bits per heavy atom. The number of amides is 2. The fourth-order valence-corrected chi connectivity index (χ4v) is 5.50. The van der Waals surface area contributed by atoms with Crippen LogP contribution in [-0.4, -0.2) is 62.5 Å². The molecule has 3 aromatic rings. The molecule has 2 atom stereocenters. The highest BCUT2D eigenvalue weighted by molar-refractivity contribution is 7.89. The van der Waals surface area contributed by atoms with Crippen LogP contribution in [0.2, 0.25) is 0 Å². The standard InChI is InChI=1S/C22H22F2N4O5S/c1-3-34(30,31)26-12-7-13-11-28(22(29)27(13)10-12)21-20-15(19-16(23)5-4-6-17(19)24)8-14(32-2)9-18(20)33-25-21/h4-6,8-9,12-13,26H,3,7,10-11H2,1-2H3/t12-,13-/m0/s1. The number of rotatable bonds is 6. The maximum Gasteiger partial charge on any atom is 0.326 e. The van der Waals surface area contributed by atoms with E-state index in [1.165, 1.54) is 30.2 Å². The van der Waals surface area contributed by atoms with Gasteiger partial charge >= 0.3 is 6.03 Å². The molecule has 2 amide bonds. The molecule has 1 aromatic heterocycles. The van der Waals surface area contributed by atoms with Gasteiger partial charge in [-0.2, -0.15) is 0 Å². The Morgan fingerprint density at radius 2 is 1.97 bits per heavy atom. The van der Waals surface area contributed by atoms with Gasteiger partial charge in [0.05, 0.1) is 29.9 Å². The lowest BCUT2D eigenvalue weighted by molar-refractivity contribution is 0.218. The minimum atomic E-state index is -3.40. The Hall–Kier alpha value is -3.25. The summed E-state index contributed by atoms with van der Waals surface area (Å²) in [7, 11) is -1.98. The van der Waals surface area contributed by atoms with E-state index in [2.05, 4.69) is 9.88 Å². The number of urea groups is 1. The van der Waals surface area contributed by atoms with Crippen molar-refractivity contribution < 1.29 is 31.3 Å². The Bertz CT molecular complexity index is 1370. The van der Waals surface area contributed by atoms with Crippen molar-refractivity contribution in [3.63, 3.8) is 0 Å². The summed E-state index contributed by atoms with van der Waals surface area (Å²) in [6.45, 7) is 2.00. The lowest BCUT2D eigenvalue weighted by Gasteiger charge is -2.18. The molecule has 2 aliphatic heterocycles. The van der Waals surface area contributed by atoms with Crippen molar-refractivity contribution in [1.29, 1.82) is 0 Å². The lowest BCUT2D eigenvalue weighted by Crippen LogP contribution is -2.41. The van der Waals surface area contributed by atoms with Gasteiger partial charge in [0.25, 0.3) is 0 Å². The molecule has 0 spiro atoms. The van der Waals surface area contributed by atoms with Crippen LogP contribution >= 0.6 is 0 Å². The highest BCUT2D eigenvalue weighted by atomic mass is 32.2. The van der Waals surface area contributed by atoms with Crippen molar-refractivity contribution >= 4 is 32.8 Å². The van der Waals surface area contributed by atoms with Crippen LogP contribution in [0.25, 0.3) is 22.1 Å². The van der Waals surface area contributed by atoms with Gasteiger partial charge in [-0.1, -0.05) is 11.2 Å². The number of sulfonamides is 1. The SMILES string of the molecule is CCS(=O)(=O)N[C@H]1C[C@H]2CN(c3noc4cc(OC)cc(-c5c(F)cccc5F)c34)C(=O)N2C1. The summed E-state index contributed by atoms with van der Waals surface area (Å²) in [5, 5.41) is 4.34. The van der Waals surface area contributed by atoms with E-state index in [4.69, 9.17) is 9.26 Å². The molecule has 2 fully saturated rings. The molecule has 180 valence electrons. The maximum atomic E-state index is 14.7. The molecular weight excluding hydrogens is 470 g/mol. The molecule has 1 N–H and O–H groups in total. The van der Waals surface area contributed by atoms with Crippen LogP contribution in [0, 0.1) is 11.6 Å². The summed E-state index contributed by atoms with van der Waals surface area (Å²) in [5.41, 5.74) is 0.0760. The molecule has 5 rings (SSSR count). The van der Waals surface area contributed by atoms with Crippen LogP contribution in [0.4, 0.5) is 19.4 Å². The molecule has 2 saturated heterocycles. The van der Waals surface area contributed by atoms with Crippen molar-refractivity contribution in [3.05, 3.63) is 42.0 Å². The van der Waals surface area contributed by atoms with E-state index in [9.17, 15) is 22.0 Å². The number of nitrogens with zero attached hydrogens (tertiary/aromatic N) is 3. The number of hydrogen-bond acceptors (Lipinski definition) is 6. The monoisotopic (exact) mass is 492 g/mol. The Balaban J connectivity index is 1.54. The molecule has 0 aliphatic carbocycles. The highest BCUT2D eigenvalue weighted by Gasteiger charge is 2.46. The minimum Gasteiger partial charge on any atom is -0.497 e. The van der Waals surface area contributed by atoms with E-state index >= 15 is 0 Å². The third-order valence-corrected chi connectivity index (χ3v) is 7.72. The van der Waals surface area contributed by atoms with Gasteiger partial charge in [-0.3, -0.25) is 4.90 Å². The zero-order chi connectivity index (χ0) is 24.2. The summed E-state index contributed by atoms with van der Waals surface area (Å²) in [4.78, 5) is 16.2. The molecule has 9 nitrogen and oxygen atoms in total. The second-order valence-electron chi connectivity index (χ2n) is 8.30. The zero-order valence-corrected chi connectivity index (χ0v) is 19.2. The first-order chi connectivity index (χ1) is 16.2. The van der Waals surface area contributed by atoms with Crippen LogP contribution in [0.5, 0.6) is 5.75 Å². The van der Waals surface area contributed by atoms with Gasteiger partial charge in [0.1, 0.15) is 17.4 Å². The second-order valence-corrected chi connectivity index (χ2v) is 10.3. The number of methoxy groups -OCH3 is 1. The number of carbonyl (C=O) groups excluding carboxylic acids is 1. The second kappa shape index (κ2) is 8.20. The van der Waals surface area contributed by atoms with Gasteiger partial charge in [-0.25, -0.2) is 26.7 Å². The first kappa shape index (κ1) is 22.5. The first-order valence-electron chi connectivity index (χ1n) is 10.7. The minimum absolute atomic E-state index is 0.0436. The molecule has 2 aliphatic rings. The predicted octanol–water partition coefficient (Wildman–Crippen LogP) is 3.10. The molecule has 0 bridgehead atoms. The van der Waals surface area contributed by atoms with Crippen LogP contribution in [0.1, 0.15) is 13.3 Å². The van der Waals surface area contributed by atoms with E-state index in [-0.39, 0.29) is 64.9 Å².